The van der Waals surface area contributed by atoms with Gasteiger partial charge in [0.25, 0.3) is 10.2 Å². The van der Waals surface area contributed by atoms with Crippen LogP contribution in [-0.4, -0.2) is 38.0 Å². The fourth-order valence-corrected chi connectivity index (χ4v) is 2.43. The highest BCUT2D eigenvalue weighted by molar-refractivity contribution is 7.87. The van der Waals surface area contributed by atoms with Crippen LogP contribution in [0.25, 0.3) is 0 Å². The molecule has 0 atom stereocenters. The van der Waals surface area contributed by atoms with Gasteiger partial charge in [-0.05, 0) is 17.7 Å². The number of hydrogen-bond donors (Lipinski definition) is 2. The van der Waals surface area contributed by atoms with Crippen LogP contribution in [0.2, 0.25) is 0 Å². The van der Waals surface area contributed by atoms with Crippen LogP contribution in [0.3, 0.4) is 0 Å². The van der Waals surface area contributed by atoms with Crippen molar-refractivity contribution in [1.82, 2.24) is 9.03 Å². The Kier molecular flexibility index (Phi) is 5.99. The van der Waals surface area contributed by atoms with Gasteiger partial charge in [-0.2, -0.15) is 12.7 Å². The van der Waals surface area contributed by atoms with Crippen LogP contribution in [0.15, 0.2) is 24.3 Å². The summed E-state index contributed by atoms with van der Waals surface area (Å²) in [4.78, 5) is 0. The minimum absolute atomic E-state index is 0.196. The van der Waals surface area contributed by atoms with E-state index >= 15 is 0 Å². The maximum atomic E-state index is 11.7. The zero-order valence-corrected chi connectivity index (χ0v) is 11.9. The number of nitrogens with one attached hydrogen (secondary N) is 1. The average Bonchev–Trinajstić information content (AvgIpc) is 2.36. The summed E-state index contributed by atoms with van der Waals surface area (Å²) in [5.41, 5.74) is 1.59. The summed E-state index contributed by atoms with van der Waals surface area (Å²) < 4.78 is 27.2. The molecule has 0 aliphatic heterocycles. The van der Waals surface area contributed by atoms with E-state index in [4.69, 9.17) is 5.11 Å². The zero-order valence-electron chi connectivity index (χ0n) is 11.0. The van der Waals surface area contributed by atoms with Gasteiger partial charge in [0.1, 0.15) is 6.61 Å². The van der Waals surface area contributed by atoms with Crippen molar-refractivity contribution < 1.29 is 13.5 Å². The number of aliphatic hydroxyl groups excluding tert-OH is 1. The van der Waals surface area contributed by atoms with Crippen molar-refractivity contribution in [2.75, 3.05) is 20.2 Å². The van der Waals surface area contributed by atoms with Gasteiger partial charge in [0, 0.05) is 25.7 Å². The molecule has 0 aliphatic rings. The fraction of sp³-hybridized carbons (Fsp3) is 0.385. The molecule has 0 radical (unpaired) electrons. The predicted molar refractivity (Wildman–Crippen MR) is 74.5 cm³/mol. The first-order chi connectivity index (χ1) is 8.99. The highest BCUT2D eigenvalue weighted by Gasteiger charge is 2.16. The summed E-state index contributed by atoms with van der Waals surface area (Å²) in [6.07, 6.45) is 0. The summed E-state index contributed by atoms with van der Waals surface area (Å²) in [5.74, 6) is 5.35. The second kappa shape index (κ2) is 7.26. The molecule has 1 rings (SSSR count). The highest BCUT2D eigenvalue weighted by atomic mass is 32.2. The molecule has 0 heterocycles. The summed E-state index contributed by atoms with van der Waals surface area (Å²) >= 11 is 0. The Balaban J connectivity index is 2.83. The Morgan fingerprint density at radius 3 is 2.79 bits per heavy atom. The third-order valence-corrected chi connectivity index (χ3v) is 3.98. The van der Waals surface area contributed by atoms with Gasteiger partial charge in [0.15, 0.2) is 0 Å². The van der Waals surface area contributed by atoms with Crippen LogP contribution in [-0.2, 0) is 16.8 Å². The van der Waals surface area contributed by atoms with Crippen molar-refractivity contribution in [2.45, 2.75) is 13.5 Å². The third-order valence-electron chi connectivity index (χ3n) is 2.38. The molecular formula is C13H18N2O3S. The second-order valence-electron chi connectivity index (χ2n) is 3.92. The fourth-order valence-electron chi connectivity index (χ4n) is 1.52. The van der Waals surface area contributed by atoms with E-state index in [1.807, 2.05) is 18.2 Å². The topological polar surface area (TPSA) is 69.6 Å². The molecule has 0 bridgehead atoms. The molecule has 0 amide bonds. The summed E-state index contributed by atoms with van der Waals surface area (Å²) in [5, 5.41) is 8.64. The number of hydrogen-bond acceptors (Lipinski definition) is 3. The molecule has 0 unspecified atom stereocenters. The van der Waals surface area contributed by atoms with Crippen LogP contribution in [0.4, 0.5) is 0 Å². The first-order valence-electron chi connectivity index (χ1n) is 5.89. The van der Waals surface area contributed by atoms with Crippen LogP contribution >= 0.6 is 0 Å². The number of aliphatic hydroxyl groups is 1. The van der Waals surface area contributed by atoms with Gasteiger partial charge in [-0.3, -0.25) is 0 Å². The van der Waals surface area contributed by atoms with E-state index in [-0.39, 0.29) is 13.2 Å². The molecule has 0 saturated heterocycles. The van der Waals surface area contributed by atoms with Crippen LogP contribution in [0.5, 0.6) is 0 Å². The second-order valence-corrected chi connectivity index (χ2v) is 5.78. The first kappa shape index (κ1) is 15.7. The number of nitrogens with zero attached hydrogens (tertiary/aromatic N) is 1. The SMILES string of the molecule is CCNS(=O)(=O)N(C)Cc1cccc(C#CCO)c1. The Bertz CT molecular complexity index is 573. The first-order valence-corrected chi connectivity index (χ1v) is 7.33. The van der Waals surface area contributed by atoms with E-state index in [1.54, 1.807) is 13.0 Å². The van der Waals surface area contributed by atoms with Crippen molar-refractivity contribution in [3.8, 4) is 11.8 Å². The van der Waals surface area contributed by atoms with Crippen molar-refractivity contribution in [1.29, 1.82) is 0 Å². The predicted octanol–water partition coefficient (Wildman–Crippen LogP) is 0.316. The van der Waals surface area contributed by atoms with Crippen molar-refractivity contribution in [3.05, 3.63) is 35.4 Å². The monoisotopic (exact) mass is 282 g/mol. The summed E-state index contributed by atoms with van der Waals surface area (Å²) in [6, 6.07) is 7.26. The third kappa shape index (κ3) is 5.01. The maximum Gasteiger partial charge on any atom is 0.279 e. The molecule has 0 spiro atoms. The molecule has 104 valence electrons. The molecule has 1 aromatic rings. The van der Waals surface area contributed by atoms with Crippen molar-refractivity contribution in [2.24, 2.45) is 0 Å². The van der Waals surface area contributed by atoms with E-state index < -0.39 is 10.2 Å². The smallest absolute Gasteiger partial charge is 0.279 e. The van der Waals surface area contributed by atoms with E-state index in [9.17, 15) is 8.42 Å². The lowest BCUT2D eigenvalue weighted by Gasteiger charge is -2.17. The lowest BCUT2D eigenvalue weighted by atomic mass is 10.1. The van der Waals surface area contributed by atoms with E-state index in [2.05, 4.69) is 16.6 Å². The minimum atomic E-state index is -3.43. The quantitative estimate of drug-likeness (QED) is 0.764. The molecule has 0 fully saturated rings. The van der Waals surface area contributed by atoms with E-state index in [1.165, 1.54) is 11.4 Å². The van der Waals surface area contributed by atoms with Gasteiger partial charge in [-0.25, -0.2) is 4.72 Å². The average molecular weight is 282 g/mol. The lowest BCUT2D eigenvalue weighted by Crippen LogP contribution is -2.37. The molecule has 0 aliphatic carbocycles. The van der Waals surface area contributed by atoms with E-state index in [0.717, 1.165) is 11.1 Å². The van der Waals surface area contributed by atoms with Gasteiger partial charge >= 0.3 is 0 Å². The van der Waals surface area contributed by atoms with Crippen LogP contribution in [0, 0.1) is 11.8 Å². The molecule has 0 aromatic heterocycles. The number of benzene rings is 1. The van der Waals surface area contributed by atoms with Gasteiger partial charge in [-0.15, -0.1) is 0 Å². The Hall–Kier alpha value is -1.39. The van der Waals surface area contributed by atoms with Crippen molar-refractivity contribution >= 4 is 10.2 Å². The van der Waals surface area contributed by atoms with Gasteiger partial charge in [0.2, 0.25) is 0 Å². The van der Waals surface area contributed by atoms with Gasteiger partial charge < -0.3 is 5.11 Å². The Morgan fingerprint density at radius 1 is 1.42 bits per heavy atom. The highest BCUT2D eigenvalue weighted by Crippen LogP contribution is 2.08. The lowest BCUT2D eigenvalue weighted by molar-refractivity contribution is 0.350. The Labute approximate surface area is 114 Å². The van der Waals surface area contributed by atoms with E-state index in [0.29, 0.717) is 6.54 Å². The normalized spacial score (nSPS) is 11.2. The maximum absolute atomic E-state index is 11.7. The largest absolute Gasteiger partial charge is 0.384 e. The minimum Gasteiger partial charge on any atom is -0.384 e. The summed E-state index contributed by atoms with van der Waals surface area (Å²) in [7, 11) is -1.91. The van der Waals surface area contributed by atoms with Crippen LogP contribution < -0.4 is 4.72 Å². The molecule has 5 nitrogen and oxygen atoms in total. The standard InChI is InChI=1S/C13H18N2O3S/c1-3-14-19(17,18)15(2)11-13-7-4-6-12(10-13)8-5-9-16/h4,6-7,10,14,16H,3,9,11H2,1-2H3. The molecule has 1 aromatic carbocycles. The Morgan fingerprint density at radius 2 is 2.16 bits per heavy atom. The molecule has 6 heteroatoms. The number of rotatable bonds is 5. The van der Waals surface area contributed by atoms with Crippen molar-refractivity contribution in [3.63, 3.8) is 0 Å². The molecule has 19 heavy (non-hydrogen) atoms. The van der Waals surface area contributed by atoms with Crippen LogP contribution in [0.1, 0.15) is 18.1 Å². The van der Waals surface area contributed by atoms with Gasteiger partial charge in [0.05, 0.1) is 0 Å². The molecule has 2 N–H and O–H groups in total. The zero-order chi connectivity index (χ0) is 14.3. The van der Waals surface area contributed by atoms with Gasteiger partial charge in [-0.1, -0.05) is 30.9 Å². The molecular weight excluding hydrogens is 264 g/mol. The summed E-state index contributed by atoms with van der Waals surface area (Å²) in [6.45, 7) is 2.16. The molecule has 0 saturated carbocycles.